The molecule has 2 nitrogen and oxygen atoms in total. The van der Waals surface area contributed by atoms with Crippen LogP contribution in [0.25, 0.3) is 0 Å². The fourth-order valence-electron chi connectivity index (χ4n) is 2.38. The van der Waals surface area contributed by atoms with Crippen LogP contribution in [0.15, 0.2) is 42.5 Å². The average Bonchev–Trinajstić information content (AvgIpc) is 2.45. The highest BCUT2D eigenvalue weighted by molar-refractivity contribution is 7.99. The number of nitrogens with one attached hydrogen (secondary N) is 1. The number of carbonyl (C=O) groups is 1. The summed E-state index contributed by atoms with van der Waals surface area (Å²) in [6.07, 6.45) is -4.42. The first-order valence-electron chi connectivity index (χ1n) is 7.36. The summed E-state index contributed by atoms with van der Waals surface area (Å²) in [7, 11) is 0. The molecule has 0 atom stereocenters. The number of thioether (sulfide) groups is 1. The van der Waals surface area contributed by atoms with Gasteiger partial charge in [-0.25, -0.2) is 0 Å². The number of hydrogen-bond acceptors (Lipinski definition) is 2. The van der Waals surface area contributed by atoms with Gasteiger partial charge in [-0.3, -0.25) is 4.79 Å². The summed E-state index contributed by atoms with van der Waals surface area (Å²) >= 11 is 1.43. The third-order valence-electron chi connectivity index (χ3n) is 3.26. The maximum absolute atomic E-state index is 12.6. The highest BCUT2D eigenvalue weighted by Gasteiger charge is 2.30. The van der Waals surface area contributed by atoms with Gasteiger partial charge in [-0.1, -0.05) is 35.4 Å². The van der Waals surface area contributed by atoms with Crippen LogP contribution in [0.2, 0.25) is 0 Å². The van der Waals surface area contributed by atoms with Gasteiger partial charge < -0.3 is 5.32 Å². The van der Waals surface area contributed by atoms with Crippen LogP contribution in [0.5, 0.6) is 0 Å². The van der Waals surface area contributed by atoms with Crippen molar-refractivity contribution < 1.29 is 18.0 Å². The van der Waals surface area contributed by atoms with Gasteiger partial charge in [-0.05, 0) is 37.6 Å². The van der Waals surface area contributed by atoms with Crippen molar-refractivity contribution in [1.82, 2.24) is 0 Å². The summed E-state index contributed by atoms with van der Waals surface area (Å²) < 4.78 is 37.9. The molecule has 2 aromatic rings. The van der Waals surface area contributed by atoms with E-state index in [0.717, 1.165) is 17.7 Å². The van der Waals surface area contributed by atoms with Crippen molar-refractivity contribution in [3.8, 4) is 0 Å². The van der Waals surface area contributed by atoms with Gasteiger partial charge in [0.25, 0.3) is 0 Å². The number of hydrogen-bond donors (Lipinski definition) is 1. The van der Waals surface area contributed by atoms with Crippen LogP contribution in [0.1, 0.15) is 22.3 Å². The Morgan fingerprint density at radius 2 is 1.75 bits per heavy atom. The van der Waals surface area contributed by atoms with Crippen LogP contribution in [-0.2, 0) is 16.7 Å². The molecule has 2 aromatic carbocycles. The largest absolute Gasteiger partial charge is 0.416 e. The van der Waals surface area contributed by atoms with Crippen molar-refractivity contribution in [3.63, 3.8) is 0 Å². The lowest BCUT2D eigenvalue weighted by Gasteiger charge is -2.10. The maximum atomic E-state index is 12.6. The molecule has 0 aliphatic carbocycles. The lowest BCUT2D eigenvalue weighted by Crippen LogP contribution is -2.15. The molecular weight excluding hydrogens is 335 g/mol. The van der Waals surface area contributed by atoms with Crippen LogP contribution in [0.3, 0.4) is 0 Å². The summed E-state index contributed by atoms with van der Waals surface area (Å²) in [5.41, 5.74) is 2.84. The van der Waals surface area contributed by atoms with Gasteiger partial charge in [-0.2, -0.15) is 13.2 Å². The Hall–Kier alpha value is -1.95. The molecule has 0 aromatic heterocycles. The number of aryl methyl sites for hydroxylation is 2. The van der Waals surface area contributed by atoms with E-state index < -0.39 is 11.7 Å². The zero-order chi connectivity index (χ0) is 17.7. The van der Waals surface area contributed by atoms with Crippen molar-refractivity contribution in [3.05, 3.63) is 64.7 Å². The summed E-state index contributed by atoms with van der Waals surface area (Å²) in [6, 6.07) is 10.8. The van der Waals surface area contributed by atoms with E-state index in [0.29, 0.717) is 5.75 Å². The Kier molecular flexibility index (Phi) is 5.94. The third-order valence-corrected chi connectivity index (χ3v) is 4.26. The molecule has 0 aliphatic heterocycles. The molecule has 0 heterocycles. The van der Waals surface area contributed by atoms with Crippen LogP contribution >= 0.6 is 11.8 Å². The fraction of sp³-hybridized carbons (Fsp3) is 0.278. The predicted octanol–water partition coefficient (Wildman–Crippen LogP) is 5.19. The van der Waals surface area contributed by atoms with Crippen molar-refractivity contribution in [2.24, 2.45) is 0 Å². The first-order valence-corrected chi connectivity index (χ1v) is 8.51. The Morgan fingerprint density at radius 3 is 2.38 bits per heavy atom. The molecule has 2 rings (SSSR count). The zero-order valence-corrected chi connectivity index (χ0v) is 14.2. The average molecular weight is 353 g/mol. The van der Waals surface area contributed by atoms with E-state index in [4.69, 9.17) is 0 Å². The van der Waals surface area contributed by atoms with E-state index in [1.54, 1.807) is 0 Å². The van der Waals surface area contributed by atoms with E-state index in [1.807, 2.05) is 13.8 Å². The van der Waals surface area contributed by atoms with E-state index >= 15 is 0 Å². The molecule has 0 saturated carbocycles. The van der Waals surface area contributed by atoms with Gasteiger partial charge in [-0.15, -0.1) is 11.8 Å². The minimum atomic E-state index is -4.42. The number of benzene rings is 2. The number of halogens is 3. The minimum absolute atomic E-state index is 0.154. The van der Waals surface area contributed by atoms with Crippen LogP contribution in [0.4, 0.5) is 18.9 Å². The summed E-state index contributed by atoms with van der Waals surface area (Å²) in [4.78, 5) is 11.9. The lowest BCUT2D eigenvalue weighted by molar-refractivity contribution is -0.137. The van der Waals surface area contributed by atoms with Crippen molar-refractivity contribution in [2.45, 2.75) is 25.8 Å². The molecule has 0 spiro atoms. The zero-order valence-electron chi connectivity index (χ0n) is 13.4. The van der Waals surface area contributed by atoms with Crippen LogP contribution in [-0.4, -0.2) is 11.7 Å². The van der Waals surface area contributed by atoms with Crippen molar-refractivity contribution in [1.29, 1.82) is 0 Å². The maximum Gasteiger partial charge on any atom is 0.416 e. The summed E-state index contributed by atoms with van der Waals surface area (Å²) in [5, 5.41) is 2.50. The Labute approximate surface area is 143 Å². The highest BCUT2D eigenvalue weighted by atomic mass is 32.2. The first kappa shape index (κ1) is 18.4. The van der Waals surface area contributed by atoms with E-state index in [2.05, 4.69) is 23.5 Å². The normalized spacial score (nSPS) is 11.4. The van der Waals surface area contributed by atoms with Gasteiger partial charge in [0.15, 0.2) is 0 Å². The number of carbonyl (C=O) groups excluding carboxylic acids is 1. The Bertz CT molecular complexity index is 708. The predicted molar refractivity (Wildman–Crippen MR) is 92.2 cm³/mol. The standard InChI is InChI=1S/C18H18F3NOS/c1-12-6-13(2)8-14(7-12)10-24-11-17(23)22-16-5-3-4-15(9-16)18(19,20)21/h3-9H,10-11H2,1-2H3,(H,22,23). The van der Waals surface area contributed by atoms with Gasteiger partial charge >= 0.3 is 6.18 Å². The summed E-state index contributed by atoms with van der Waals surface area (Å²) in [5.74, 6) is 0.547. The Balaban J connectivity index is 1.87. The lowest BCUT2D eigenvalue weighted by atomic mass is 10.1. The number of alkyl halides is 3. The summed E-state index contributed by atoms with van der Waals surface area (Å²) in [6.45, 7) is 4.03. The molecule has 0 aliphatic rings. The molecule has 0 bridgehead atoms. The molecule has 1 N–H and O–H groups in total. The SMILES string of the molecule is Cc1cc(C)cc(CSCC(=O)Nc2cccc(C(F)(F)F)c2)c1. The molecular formula is C18H18F3NOS. The van der Waals surface area contributed by atoms with Crippen molar-refractivity contribution in [2.75, 3.05) is 11.1 Å². The molecule has 0 saturated heterocycles. The van der Waals surface area contributed by atoms with E-state index in [9.17, 15) is 18.0 Å². The van der Waals surface area contributed by atoms with Crippen molar-refractivity contribution >= 4 is 23.4 Å². The van der Waals surface area contributed by atoms with Crippen LogP contribution < -0.4 is 5.32 Å². The molecule has 24 heavy (non-hydrogen) atoms. The van der Waals surface area contributed by atoms with Gasteiger partial charge in [0.05, 0.1) is 11.3 Å². The second kappa shape index (κ2) is 7.75. The topological polar surface area (TPSA) is 29.1 Å². The smallest absolute Gasteiger partial charge is 0.325 e. The molecule has 0 unspecified atom stereocenters. The quantitative estimate of drug-likeness (QED) is 0.801. The minimum Gasteiger partial charge on any atom is -0.325 e. The molecule has 0 radical (unpaired) electrons. The third kappa shape index (κ3) is 5.60. The number of anilines is 1. The van der Waals surface area contributed by atoms with Crippen LogP contribution in [0, 0.1) is 13.8 Å². The first-order chi connectivity index (χ1) is 11.2. The number of rotatable bonds is 5. The van der Waals surface area contributed by atoms with Gasteiger partial charge in [0.2, 0.25) is 5.91 Å². The highest BCUT2D eigenvalue weighted by Crippen LogP contribution is 2.30. The van der Waals surface area contributed by atoms with Gasteiger partial charge in [0.1, 0.15) is 0 Å². The molecule has 0 fully saturated rings. The van der Waals surface area contributed by atoms with E-state index in [1.165, 1.54) is 35.0 Å². The van der Waals surface area contributed by atoms with Gasteiger partial charge in [0, 0.05) is 11.4 Å². The van der Waals surface area contributed by atoms with E-state index in [-0.39, 0.29) is 17.3 Å². The second-order valence-corrected chi connectivity index (χ2v) is 6.60. The Morgan fingerprint density at radius 1 is 1.08 bits per heavy atom. The second-order valence-electron chi connectivity index (χ2n) is 5.62. The fourth-order valence-corrected chi connectivity index (χ4v) is 3.15. The molecule has 128 valence electrons. The molecule has 6 heteroatoms. The molecule has 1 amide bonds. The monoisotopic (exact) mass is 353 g/mol. The number of amides is 1.